The zero-order valence-electron chi connectivity index (χ0n) is 8.93. The average molecular weight is 211 g/mol. The number of hydrogen-bond acceptors (Lipinski definition) is 3. The third kappa shape index (κ3) is 1.93. The summed E-state index contributed by atoms with van der Waals surface area (Å²) < 4.78 is 0. The second-order valence-electron chi connectivity index (χ2n) is 3.40. The fourth-order valence-electron chi connectivity index (χ4n) is 1.55. The first-order valence-electron chi connectivity index (χ1n) is 5.08. The summed E-state index contributed by atoms with van der Waals surface area (Å²) in [6.07, 6.45) is 3.50. The van der Waals surface area contributed by atoms with E-state index in [2.05, 4.69) is 16.6 Å². The summed E-state index contributed by atoms with van der Waals surface area (Å²) in [5.41, 5.74) is 8.65. The summed E-state index contributed by atoms with van der Waals surface area (Å²) in [4.78, 5) is 8.49. The van der Waals surface area contributed by atoms with Crippen LogP contribution in [0.5, 0.6) is 0 Å². The van der Waals surface area contributed by atoms with Crippen LogP contribution in [0.15, 0.2) is 48.0 Å². The second-order valence-corrected chi connectivity index (χ2v) is 3.40. The predicted molar refractivity (Wildman–Crippen MR) is 67.9 cm³/mol. The third-order valence-electron chi connectivity index (χ3n) is 2.28. The van der Waals surface area contributed by atoms with Crippen molar-refractivity contribution >= 4 is 12.0 Å². The Balaban J connectivity index is 2.47. The Bertz CT molecular complexity index is 503. The van der Waals surface area contributed by atoms with E-state index in [0.717, 1.165) is 16.8 Å². The molecule has 3 nitrogen and oxygen atoms in total. The van der Waals surface area contributed by atoms with Crippen LogP contribution in [0.25, 0.3) is 11.3 Å². The molecular weight excluding hydrogens is 198 g/mol. The largest absolute Gasteiger partial charge is 0.383 e. The van der Waals surface area contributed by atoms with Gasteiger partial charge in [-0.2, -0.15) is 0 Å². The molecule has 0 aromatic heterocycles. The van der Waals surface area contributed by atoms with E-state index in [9.17, 15) is 0 Å². The number of aliphatic imine (C=N–C) groups is 1. The van der Waals surface area contributed by atoms with Gasteiger partial charge >= 0.3 is 0 Å². The molecule has 2 N–H and O–H groups in total. The van der Waals surface area contributed by atoms with Crippen molar-refractivity contribution < 1.29 is 0 Å². The molecule has 0 saturated heterocycles. The highest BCUT2D eigenvalue weighted by Crippen LogP contribution is 2.27. The summed E-state index contributed by atoms with van der Waals surface area (Å²) in [5.74, 6) is 0.522. The van der Waals surface area contributed by atoms with Crippen molar-refractivity contribution in [2.75, 3.05) is 12.3 Å². The van der Waals surface area contributed by atoms with Crippen molar-refractivity contribution in [2.45, 2.75) is 0 Å². The summed E-state index contributed by atoms with van der Waals surface area (Å²) in [6, 6.07) is 9.81. The monoisotopic (exact) mass is 211 g/mol. The summed E-state index contributed by atoms with van der Waals surface area (Å²) in [7, 11) is 0. The standard InChI is InChI=1S/C13H13N3/c1-2-8-15-9-11-10-6-4-3-5-7-12(10)16-13(11)14/h2-7,9H,1,8H2,(H2,14,16). The zero-order valence-corrected chi connectivity index (χ0v) is 8.93. The fourth-order valence-corrected chi connectivity index (χ4v) is 1.55. The molecule has 0 aromatic rings. The minimum atomic E-state index is 0.522. The average Bonchev–Trinajstić information content (AvgIpc) is 2.47. The maximum Gasteiger partial charge on any atom is 0.133 e. The highest BCUT2D eigenvalue weighted by Gasteiger charge is 2.12. The van der Waals surface area contributed by atoms with Crippen molar-refractivity contribution in [1.82, 2.24) is 4.98 Å². The molecule has 1 heterocycles. The van der Waals surface area contributed by atoms with Crippen molar-refractivity contribution in [2.24, 2.45) is 4.99 Å². The van der Waals surface area contributed by atoms with E-state index in [1.165, 1.54) is 0 Å². The number of nitrogens with two attached hydrogens (primary N) is 1. The molecule has 0 radical (unpaired) electrons. The Morgan fingerprint density at radius 3 is 2.94 bits per heavy atom. The molecule has 0 amide bonds. The Morgan fingerprint density at radius 2 is 2.12 bits per heavy atom. The highest BCUT2D eigenvalue weighted by molar-refractivity contribution is 5.96. The van der Waals surface area contributed by atoms with Gasteiger partial charge in [-0.25, -0.2) is 4.98 Å². The molecule has 1 aliphatic carbocycles. The summed E-state index contributed by atoms with van der Waals surface area (Å²) in [5, 5.41) is 0. The van der Waals surface area contributed by atoms with E-state index in [-0.39, 0.29) is 0 Å². The number of aromatic nitrogens is 1. The maximum absolute atomic E-state index is 5.85. The van der Waals surface area contributed by atoms with Crippen LogP contribution >= 0.6 is 0 Å². The molecular formula is C13H13N3. The first-order chi connectivity index (χ1) is 7.83. The van der Waals surface area contributed by atoms with Gasteiger partial charge in [0.25, 0.3) is 0 Å². The lowest BCUT2D eigenvalue weighted by molar-refractivity contribution is 1.26. The molecule has 0 bridgehead atoms. The van der Waals surface area contributed by atoms with Crippen LogP contribution in [-0.2, 0) is 0 Å². The van der Waals surface area contributed by atoms with Gasteiger partial charge in [-0.05, 0) is 6.07 Å². The quantitative estimate of drug-likeness (QED) is 0.626. The maximum atomic E-state index is 5.85. The molecule has 0 atom stereocenters. The van der Waals surface area contributed by atoms with Gasteiger partial charge in [-0.3, -0.25) is 4.99 Å². The van der Waals surface area contributed by atoms with E-state index < -0.39 is 0 Å². The van der Waals surface area contributed by atoms with E-state index in [0.29, 0.717) is 12.4 Å². The smallest absolute Gasteiger partial charge is 0.133 e. The molecule has 3 heteroatoms. The van der Waals surface area contributed by atoms with Gasteiger partial charge in [-0.15, -0.1) is 6.58 Å². The van der Waals surface area contributed by atoms with Gasteiger partial charge in [0, 0.05) is 17.3 Å². The molecule has 16 heavy (non-hydrogen) atoms. The lowest BCUT2D eigenvalue weighted by Gasteiger charge is -1.92. The van der Waals surface area contributed by atoms with Gasteiger partial charge in [0.15, 0.2) is 0 Å². The number of hydrogen-bond donors (Lipinski definition) is 1. The molecule has 0 unspecified atom stereocenters. The normalized spacial score (nSPS) is 11.0. The predicted octanol–water partition coefficient (Wildman–Crippen LogP) is 2.37. The number of nitrogen functional groups attached to an aromatic ring is 1. The number of nitrogens with zero attached hydrogens (tertiary/aromatic N) is 2. The van der Waals surface area contributed by atoms with E-state index in [1.54, 1.807) is 12.3 Å². The highest BCUT2D eigenvalue weighted by atomic mass is 14.9. The van der Waals surface area contributed by atoms with Crippen LogP contribution in [0.3, 0.4) is 0 Å². The van der Waals surface area contributed by atoms with Crippen molar-refractivity contribution in [3.05, 3.63) is 48.6 Å². The molecule has 2 aliphatic rings. The lowest BCUT2D eigenvalue weighted by Crippen LogP contribution is -1.90. The van der Waals surface area contributed by atoms with Gasteiger partial charge in [-0.1, -0.05) is 30.3 Å². The summed E-state index contributed by atoms with van der Waals surface area (Å²) in [6.45, 7) is 4.20. The number of rotatable bonds is 3. The van der Waals surface area contributed by atoms with Crippen LogP contribution < -0.4 is 5.73 Å². The number of fused-ring (bicyclic) bond motifs is 1. The topological polar surface area (TPSA) is 51.3 Å². The van der Waals surface area contributed by atoms with Crippen molar-refractivity contribution in [3.63, 3.8) is 0 Å². The van der Waals surface area contributed by atoms with E-state index >= 15 is 0 Å². The lowest BCUT2D eigenvalue weighted by atomic mass is 10.1. The second kappa shape index (κ2) is 4.57. The molecule has 0 fully saturated rings. The third-order valence-corrected chi connectivity index (χ3v) is 2.28. The first-order valence-corrected chi connectivity index (χ1v) is 5.08. The van der Waals surface area contributed by atoms with Gasteiger partial charge in [0.05, 0.1) is 12.2 Å². The number of anilines is 1. The minimum Gasteiger partial charge on any atom is -0.383 e. The Labute approximate surface area is 94.7 Å². The van der Waals surface area contributed by atoms with Crippen LogP contribution in [0.1, 0.15) is 5.56 Å². The Hall–Kier alpha value is -2.16. The SMILES string of the molecule is C=CCN=Cc1c2cccccc-2nc1N. The van der Waals surface area contributed by atoms with Crippen LogP contribution in [0.4, 0.5) is 5.82 Å². The van der Waals surface area contributed by atoms with E-state index in [1.807, 2.05) is 30.3 Å². The van der Waals surface area contributed by atoms with Gasteiger partial charge in [0.2, 0.25) is 0 Å². The Morgan fingerprint density at radius 1 is 1.31 bits per heavy atom. The molecule has 1 aliphatic heterocycles. The minimum absolute atomic E-state index is 0.522. The summed E-state index contributed by atoms with van der Waals surface area (Å²) >= 11 is 0. The van der Waals surface area contributed by atoms with Crippen LogP contribution in [0, 0.1) is 0 Å². The van der Waals surface area contributed by atoms with E-state index in [4.69, 9.17) is 5.73 Å². The van der Waals surface area contributed by atoms with Crippen molar-refractivity contribution in [3.8, 4) is 11.3 Å². The van der Waals surface area contributed by atoms with Gasteiger partial charge < -0.3 is 5.73 Å². The molecule has 0 spiro atoms. The molecule has 2 rings (SSSR count). The van der Waals surface area contributed by atoms with Crippen LogP contribution in [0.2, 0.25) is 0 Å². The van der Waals surface area contributed by atoms with Crippen molar-refractivity contribution in [1.29, 1.82) is 0 Å². The first kappa shape index (κ1) is 10.4. The Kier molecular flexibility index (Phi) is 2.96. The van der Waals surface area contributed by atoms with Crippen LogP contribution in [-0.4, -0.2) is 17.7 Å². The zero-order chi connectivity index (χ0) is 11.4. The molecule has 0 aromatic carbocycles. The molecule has 80 valence electrons. The fraction of sp³-hybridized carbons (Fsp3) is 0.0769. The molecule has 0 saturated carbocycles. The van der Waals surface area contributed by atoms with Gasteiger partial charge in [0.1, 0.15) is 5.82 Å².